The number of phenolic OH excluding ortho intramolecular Hbond substituents is 1. The van der Waals surface area contributed by atoms with Crippen molar-refractivity contribution in [3.63, 3.8) is 0 Å². The van der Waals surface area contributed by atoms with Crippen molar-refractivity contribution in [2.75, 3.05) is 64.1 Å². The second-order valence-electron chi connectivity index (χ2n) is 14.7. The van der Waals surface area contributed by atoms with Gasteiger partial charge in [0.05, 0.1) is 54.9 Å². The molecule has 3 aliphatic heterocycles. The predicted molar refractivity (Wildman–Crippen MR) is 195 cm³/mol. The quantitative estimate of drug-likeness (QED) is 0.186. The maximum Gasteiger partial charge on any atom is 0.243 e. The molecule has 8 rings (SSSR count). The van der Waals surface area contributed by atoms with E-state index in [0.717, 1.165) is 32.5 Å². The van der Waals surface area contributed by atoms with E-state index >= 15 is 8.78 Å². The van der Waals surface area contributed by atoms with Gasteiger partial charge in [0, 0.05) is 67.1 Å². The summed E-state index contributed by atoms with van der Waals surface area (Å²) in [5.41, 5.74) is -1.09. The van der Waals surface area contributed by atoms with Crippen LogP contribution >= 0.6 is 0 Å². The minimum atomic E-state index is -1.45. The molecular weight excluding hydrogens is 684 g/mol. The average molecular weight is 726 g/mol. The highest BCUT2D eigenvalue weighted by Crippen LogP contribution is 2.57. The molecule has 2 aromatic heterocycles. The molecule has 2 aromatic carbocycles. The van der Waals surface area contributed by atoms with Crippen LogP contribution in [0.2, 0.25) is 0 Å². The summed E-state index contributed by atoms with van der Waals surface area (Å²) in [5.74, 6) is 0.416. The molecule has 0 unspecified atom stereocenters. The van der Waals surface area contributed by atoms with Gasteiger partial charge in [-0.3, -0.25) is 14.7 Å². The Morgan fingerprint density at radius 1 is 1.19 bits per heavy atom. The van der Waals surface area contributed by atoms with Crippen molar-refractivity contribution >= 4 is 33.3 Å². The zero-order valence-corrected chi connectivity index (χ0v) is 29.5. The molecule has 1 saturated carbocycles. The van der Waals surface area contributed by atoms with E-state index in [1.54, 1.807) is 6.92 Å². The number of halogens is 2. The number of rotatable bonds is 7. The average Bonchev–Trinajstić information content (AvgIpc) is 3.96. The number of aliphatic hydroxyl groups is 1. The van der Waals surface area contributed by atoms with Crippen molar-refractivity contribution in [2.24, 2.45) is 5.41 Å². The topological polar surface area (TPSA) is 130 Å². The van der Waals surface area contributed by atoms with Gasteiger partial charge in [-0.15, -0.1) is 6.42 Å². The molecule has 3 fully saturated rings. The molecule has 11 nitrogen and oxygen atoms in total. The Kier molecular flexibility index (Phi) is 8.97. The second-order valence-corrected chi connectivity index (χ2v) is 14.7. The van der Waals surface area contributed by atoms with Crippen LogP contribution in [-0.2, 0) is 19.9 Å². The van der Waals surface area contributed by atoms with Crippen LogP contribution in [0.5, 0.6) is 11.6 Å². The van der Waals surface area contributed by atoms with Gasteiger partial charge in [-0.05, 0) is 49.4 Å². The summed E-state index contributed by atoms with van der Waals surface area (Å²) >= 11 is 0. The molecule has 0 radical (unpaired) electrons. The first-order valence-corrected chi connectivity index (χ1v) is 17.9. The third kappa shape index (κ3) is 6.33. The summed E-state index contributed by atoms with van der Waals surface area (Å²) in [6, 6.07) is 4.93. The molecule has 4 aliphatic rings. The van der Waals surface area contributed by atoms with Gasteiger partial charge in [0.25, 0.3) is 0 Å². The normalized spacial score (nSPS) is 24.2. The molecule has 1 aliphatic carbocycles. The van der Waals surface area contributed by atoms with Crippen molar-refractivity contribution in [1.82, 2.24) is 20.2 Å². The second kappa shape index (κ2) is 13.5. The molecule has 276 valence electrons. The monoisotopic (exact) mass is 725 g/mol. The lowest BCUT2D eigenvalue weighted by atomic mass is 9.80. The molecule has 5 heterocycles. The summed E-state index contributed by atoms with van der Waals surface area (Å²) < 4.78 is 50.5. The van der Waals surface area contributed by atoms with Gasteiger partial charge in [-0.1, -0.05) is 18.6 Å². The number of phenols is 1. The van der Waals surface area contributed by atoms with Crippen LogP contribution in [0.15, 0.2) is 43.1 Å². The maximum absolute atomic E-state index is 17.3. The number of terminal acetylenes is 1. The Hall–Kier alpha value is -4.87. The molecule has 3 N–H and O–H groups in total. The van der Waals surface area contributed by atoms with Crippen molar-refractivity contribution in [3.05, 3.63) is 65.9 Å². The van der Waals surface area contributed by atoms with Crippen LogP contribution in [0.3, 0.4) is 0 Å². The lowest BCUT2D eigenvalue weighted by Gasteiger charge is -2.43. The Morgan fingerprint density at radius 2 is 1.96 bits per heavy atom. The molecular formula is C40H41F2N5O6. The lowest BCUT2D eigenvalue weighted by molar-refractivity contribution is -0.117. The van der Waals surface area contributed by atoms with Gasteiger partial charge in [-0.25, -0.2) is 13.8 Å². The fourth-order valence-electron chi connectivity index (χ4n) is 8.28. The predicted octanol–water partition coefficient (Wildman–Crippen LogP) is 4.39. The Morgan fingerprint density at radius 3 is 2.70 bits per heavy atom. The highest BCUT2D eigenvalue weighted by atomic mass is 19.1. The number of fused-ring (bicyclic) bond motifs is 3. The van der Waals surface area contributed by atoms with Crippen molar-refractivity contribution < 1.29 is 38.0 Å². The number of aromatic nitrogens is 2. The zero-order chi connectivity index (χ0) is 37.1. The highest BCUT2D eigenvalue weighted by molar-refractivity contribution is 6.03. The number of carbonyl (C=O) groups is 1. The van der Waals surface area contributed by atoms with Gasteiger partial charge < -0.3 is 34.6 Å². The molecule has 53 heavy (non-hydrogen) atoms. The number of anilines is 1. The fraction of sp³-hybridized carbons (Fsp3) is 0.425. The smallest absolute Gasteiger partial charge is 0.243 e. The summed E-state index contributed by atoms with van der Waals surface area (Å²) in [6.45, 7) is 10.1. The van der Waals surface area contributed by atoms with E-state index in [4.69, 9.17) is 25.6 Å². The summed E-state index contributed by atoms with van der Waals surface area (Å²) in [4.78, 5) is 26.0. The Balaban J connectivity index is 1.32. The van der Waals surface area contributed by atoms with E-state index in [-0.39, 0.29) is 76.9 Å². The SMILES string of the molecule is C#Cc1c(F)ccc2cc(O)cc(-c3ncc4c(N5CCOC[C@@H](NC(=O)C=C)C5)c5c(nc4c3F)O[C@@H](C3(CN4CCOCC4)CC3)C[C@@]5(C)O)c12. The third-order valence-electron chi connectivity index (χ3n) is 11.1. The van der Waals surface area contributed by atoms with Gasteiger partial charge in [0.15, 0.2) is 5.82 Å². The molecule has 13 heteroatoms. The first kappa shape index (κ1) is 35.2. The number of benzene rings is 2. The maximum atomic E-state index is 17.3. The van der Waals surface area contributed by atoms with E-state index < -0.39 is 29.4 Å². The Bertz CT molecular complexity index is 2180. The number of ether oxygens (including phenoxy) is 3. The van der Waals surface area contributed by atoms with E-state index in [1.807, 2.05) is 4.90 Å². The van der Waals surface area contributed by atoms with Crippen molar-refractivity contribution in [3.8, 4) is 35.2 Å². The molecule has 1 amide bonds. The fourth-order valence-corrected chi connectivity index (χ4v) is 8.28. The number of aromatic hydroxyl groups is 1. The zero-order valence-electron chi connectivity index (χ0n) is 29.5. The molecule has 4 aromatic rings. The molecule has 2 saturated heterocycles. The van der Waals surface area contributed by atoms with Crippen LogP contribution in [0.4, 0.5) is 14.5 Å². The van der Waals surface area contributed by atoms with Crippen LogP contribution < -0.4 is 15.0 Å². The van der Waals surface area contributed by atoms with Crippen LogP contribution in [0, 0.1) is 29.4 Å². The van der Waals surface area contributed by atoms with Crippen LogP contribution in [0.25, 0.3) is 32.9 Å². The van der Waals surface area contributed by atoms with Gasteiger partial charge >= 0.3 is 0 Å². The van der Waals surface area contributed by atoms with E-state index in [0.29, 0.717) is 41.8 Å². The van der Waals surface area contributed by atoms with Crippen LogP contribution in [-0.4, -0.2) is 102 Å². The van der Waals surface area contributed by atoms with Crippen molar-refractivity contribution in [1.29, 1.82) is 0 Å². The first-order valence-electron chi connectivity index (χ1n) is 17.9. The number of hydrogen-bond acceptors (Lipinski definition) is 10. The van der Waals surface area contributed by atoms with Gasteiger partial charge in [0.1, 0.15) is 28.9 Å². The first-order chi connectivity index (χ1) is 25.5. The minimum absolute atomic E-state index is 0.0905. The number of pyridine rings is 2. The highest BCUT2D eigenvalue weighted by Gasteiger charge is 2.56. The molecule has 3 atom stereocenters. The van der Waals surface area contributed by atoms with Gasteiger partial charge in [-0.2, -0.15) is 0 Å². The minimum Gasteiger partial charge on any atom is -0.508 e. The summed E-state index contributed by atoms with van der Waals surface area (Å²) in [6.07, 6.45) is 10.1. The molecule has 0 spiro atoms. The number of morpholine rings is 1. The summed E-state index contributed by atoms with van der Waals surface area (Å²) in [5, 5.41) is 26.9. The Labute approximate surface area is 305 Å². The van der Waals surface area contributed by atoms with Gasteiger partial charge in [0.2, 0.25) is 11.8 Å². The van der Waals surface area contributed by atoms with Crippen molar-refractivity contribution in [2.45, 2.75) is 43.9 Å². The lowest BCUT2D eigenvalue weighted by Crippen LogP contribution is -2.49. The van der Waals surface area contributed by atoms with E-state index in [2.05, 4.69) is 27.7 Å². The van der Waals surface area contributed by atoms with Crippen LogP contribution in [0.1, 0.15) is 37.3 Å². The number of nitrogens with one attached hydrogen (secondary N) is 1. The number of carbonyl (C=O) groups excluding carboxylic acids is 1. The number of amides is 1. The third-order valence-corrected chi connectivity index (χ3v) is 11.1. The largest absolute Gasteiger partial charge is 0.508 e. The number of nitrogens with zero attached hydrogens (tertiary/aromatic N) is 4. The van der Waals surface area contributed by atoms with E-state index in [1.165, 1.54) is 36.5 Å². The standard InChI is InChI=1S/C40H41F2N5O6/c1-4-26-29(41)7-6-23-16-25(48)17-27(32(23)26)35-34(42)36-28(19-43-35)37(47-12-15-52-21-24(20-47)44-31(49)5-2)33-38(45-36)53-30(18-39(33,3)50)40(8-9-40)22-46-10-13-51-14-11-46/h1,5-7,16-17,19,24,30,48,50H,2,8-15,18,20-22H2,3H3,(H,44,49)/t24-,30+,39+/m0/s1. The van der Waals surface area contributed by atoms with E-state index in [9.17, 15) is 15.0 Å². The molecule has 0 bridgehead atoms. The summed E-state index contributed by atoms with van der Waals surface area (Å²) in [7, 11) is 0. The number of hydrogen-bond donors (Lipinski definition) is 3.